The van der Waals surface area contributed by atoms with Gasteiger partial charge in [-0.05, 0) is 18.9 Å². The molecule has 0 saturated carbocycles. The Labute approximate surface area is 98.3 Å². The van der Waals surface area contributed by atoms with Crippen LogP contribution in [0.4, 0.5) is 0 Å². The maximum absolute atomic E-state index is 10.1. The van der Waals surface area contributed by atoms with E-state index >= 15 is 0 Å². The minimum Gasteiger partial charge on any atom is -0.390 e. The van der Waals surface area contributed by atoms with E-state index in [1.807, 2.05) is 37.3 Å². The standard InChI is InChI=1S/C14H22O2/c1-3-5-11-13(15)14(16-4-2)12-9-7-6-8-10-12/h6-10,13-15H,3-5,11H2,1-2H3. The molecule has 0 spiro atoms. The highest BCUT2D eigenvalue weighted by molar-refractivity contribution is 5.18. The van der Waals surface area contributed by atoms with Crippen molar-refractivity contribution in [3.63, 3.8) is 0 Å². The number of benzene rings is 1. The zero-order valence-corrected chi connectivity index (χ0v) is 10.2. The van der Waals surface area contributed by atoms with Crippen LogP contribution in [-0.2, 0) is 4.74 Å². The van der Waals surface area contributed by atoms with Gasteiger partial charge in [-0.25, -0.2) is 0 Å². The summed E-state index contributed by atoms with van der Waals surface area (Å²) < 4.78 is 5.64. The summed E-state index contributed by atoms with van der Waals surface area (Å²) in [7, 11) is 0. The Balaban J connectivity index is 2.66. The van der Waals surface area contributed by atoms with E-state index in [0.717, 1.165) is 24.8 Å². The van der Waals surface area contributed by atoms with Gasteiger partial charge in [0.25, 0.3) is 0 Å². The topological polar surface area (TPSA) is 29.5 Å². The van der Waals surface area contributed by atoms with Gasteiger partial charge in [0.1, 0.15) is 6.10 Å². The molecule has 0 amide bonds. The minimum absolute atomic E-state index is 0.183. The lowest BCUT2D eigenvalue weighted by Crippen LogP contribution is -2.21. The lowest BCUT2D eigenvalue weighted by atomic mass is 10.00. The van der Waals surface area contributed by atoms with Gasteiger partial charge in [-0.3, -0.25) is 0 Å². The second kappa shape index (κ2) is 7.42. The van der Waals surface area contributed by atoms with Crippen LogP contribution in [0.15, 0.2) is 30.3 Å². The van der Waals surface area contributed by atoms with Gasteiger partial charge in [-0.2, -0.15) is 0 Å². The van der Waals surface area contributed by atoms with Crippen molar-refractivity contribution >= 4 is 0 Å². The number of hydrogen-bond acceptors (Lipinski definition) is 2. The SMILES string of the molecule is CCCCC(O)C(OCC)c1ccccc1. The van der Waals surface area contributed by atoms with Crippen LogP contribution in [-0.4, -0.2) is 17.8 Å². The van der Waals surface area contributed by atoms with E-state index < -0.39 is 6.10 Å². The van der Waals surface area contributed by atoms with Gasteiger partial charge < -0.3 is 9.84 Å². The monoisotopic (exact) mass is 222 g/mol. The van der Waals surface area contributed by atoms with Gasteiger partial charge in [0.05, 0.1) is 6.10 Å². The summed E-state index contributed by atoms with van der Waals surface area (Å²) in [6, 6.07) is 9.96. The third kappa shape index (κ3) is 3.95. The Hall–Kier alpha value is -0.860. The van der Waals surface area contributed by atoms with Crippen LogP contribution in [0.5, 0.6) is 0 Å². The number of aliphatic hydroxyl groups excluding tert-OH is 1. The summed E-state index contributed by atoms with van der Waals surface area (Å²) in [5, 5.41) is 10.1. The van der Waals surface area contributed by atoms with E-state index in [1.165, 1.54) is 0 Å². The first-order valence-electron chi connectivity index (χ1n) is 6.14. The molecule has 2 nitrogen and oxygen atoms in total. The Bertz CT molecular complexity index is 271. The normalized spacial score (nSPS) is 14.7. The fraction of sp³-hybridized carbons (Fsp3) is 0.571. The van der Waals surface area contributed by atoms with Crippen molar-refractivity contribution in [1.82, 2.24) is 0 Å². The van der Waals surface area contributed by atoms with Crippen molar-refractivity contribution in [2.45, 2.75) is 45.3 Å². The Morgan fingerprint density at radius 1 is 1.19 bits per heavy atom. The van der Waals surface area contributed by atoms with Crippen molar-refractivity contribution in [3.05, 3.63) is 35.9 Å². The van der Waals surface area contributed by atoms with Gasteiger partial charge >= 0.3 is 0 Å². The highest BCUT2D eigenvalue weighted by atomic mass is 16.5. The molecule has 2 heteroatoms. The summed E-state index contributed by atoms with van der Waals surface area (Å²) in [5.74, 6) is 0. The Kier molecular flexibility index (Phi) is 6.12. The van der Waals surface area contributed by atoms with Crippen LogP contribution in [0.1, 0.15) is 44.8 Å². The molecule has 1 N–H and O–H groups in total. The second-order valence-electron chi connectivity index (χ2n) is 4.00. The van der Waals surface area contributed by atoms with Crippen molar-refractivity contribution in [1.29, 1.82) is 0 Å². The lowest BCUT2D eigenvalue weighted by Gasteiger charge is -2.23. The zero-order valence-electron chi connectivity index (χ0n) is 10.2. The minimum atomic E-state index is -0.401. The van der Waals surface area contributed by atoms with Crippen LogP contribution >= 0.6 is 0 Å². The first-order chi connectivity index (χ1) is 7.79. The van der Waals surface area contributed by atoms with Crippen LogP contribution < -0.4 is 0 Å². The summed E-state index contributed by atoms with van der Waals surface area (Å²) in [6.45, 7) is 4.72. The summed E-state index contributed by atoms with van der Waals surface area (Å²) in [4.78, 5) is 0. The highest BCUT2D eigenvalue weighted by Gasteiger charge is 2.20. The van der Waals surface area contributed by atoms with Gasteiger partial charge in [0, 0.05) is 6.61 Å². The smallest absolute Gasteiger partial charge is 0.108 e. The molecule has 0 aromatic heterocycles. The number of unbranched alkanes of at least 4 members (excludes halogenated alkanes) is 1. The van der Waals surface area contributed by atoms with E-state index in [-0.39, 0.29) is 6.10 Å². The van der Waals surface area contributed by atoms with Gasteiger partial charge in [-0.15, -0.1) is 0 Å². The predicted molar refractivity (Wildman–Crippen MR) is 66.3 cm³/mol. The first-order valence-corrected chi connectivity index (χ1v) is 6.14. The lowest BCUT2D eigenvalue weighted by molar-refractivity contribution is -0.0384. The Morgan fingerprint density at radius 2 is 1.88 bits per heavy atom. The third-order valence-electron chi connectivity index (χ3n) is 2.68. The molecular weight excluding hydrogens is 200 g/mol. The number of ether oxygens (including phenoxy) is 1. The molecule has 1 aromatic rings. The number of hydrogen-bond donors (Lipinski definition) is 1. The first kappa shape index (κ1) is 13.2. The number of aliphatic hydroxyl groups is 1. The van der Waals surface area contributed by atoms with E-state index in [9.17, 15) is 5.11 Å². The molecule has 0 fully saturated rings. The maximum Gasteiger partial charge on any atom is 0.108 e. The van der Waals surface area contributed by atoms with Gasteiger partial charge in [0.15, 0.2) is 0 Å². The summed E-state index contributed by atoms with van der Waals surface area (Å²) in [5.41, 5.74) is 1.06. The molecule has 16 heavy (non-hydrogen) atoms. The van der Waals surface area contributed by atoms with Gasteiger partial charge in [0.2, 0.25) is 0 Å². The molecule has 1 aromatic carbocycles. The molecule has 0 radical (unpaired) electrons. The van der Waals surface area contributed by atoms with E-state index in [0.29, 0.717) is 6.61 Å². The van der Waals surface area contributed by atoms with Gasteiger partial charge in [-0.1, -0.05) is 50.1 Å². The fourth-order valence-corrected chi connectivity index (χ4v) is 1.82. The molecule has 1 rings (SSSR count). The number of rotatable bonds is 7. The van der Waals surface area contributed by atoms with E-state index in [2.05, 4.69) is 6.92 Å². The molecule has 0 bridgehead atoms. The van der Waals surface area contributed by atoms with E-state index in [1.54, 1.807) is 0 Å². The van der Waals surface area contributed by atoms with Crippen molar-refractivity contribution in [2.24, 2.45) is 0 Å². The fourth-order valence-electron chi connectivity index (χ4n) is 1.82. The van der Waals surface area contributed by atoms with Crippen LogP contribution in [0.3, 0.4) is 0 Å². The Morgan fingerprint density at radius 3 is 2.44 bits per heavy atom. The van der Waals surface area contributed by atoms with Crippen LogP contribution in [0, 0.1) is 0 Å². The maximum atomic E-state index is 10.1. The van der Waals surface area contributed by atoms with Crippen molar-refractivity contribution < 1.29 is 9.84 Å². The average molecular weight is 222 g/mol. The largest absolute Gasteiger partial charge is 0.390 e. The molecule has 0 aliphatic rings. The van der Waals surface area contributed by atoms with E-state index in [4.69, 9.17) is 4.74 Å². The third-order valence-corrected chi connectivity index (χ3v) is 2.68. The summed E-state index contributed by atoms with van der Waals surface area (Å²) >= 11 is 0. The molecule has 0 saturated heterocycles. The molecule has 90 valence electrons. The van der Waals surface area contributed by atoms with Crippen molar-refractivity contribution in [3.8, 4) is 0 Å². The highest BCUT2D eigenvalue weighted by Crippen LogP contribution is 2.24. The van der Waals surface area contributed by atoms with Crippen molar-refractivity contribution in [2.75, 3.05) is 6.61 Å². The quantitative estimate of drug-likeness (QED) is 0.767. The molecule has 2 atom stereocenters. The summed E-state index contributed by atoms with van der Waals surface area (Å²) in [6.07, 6.45) is 2.36. The average Bonchev–Trinajstić information content (AvgIpc) is 2.34. The molecule has 2 unspecified atom stereocenters. The zero-order chi connectivity index (χ0) is 11.8. The second-order valence-corrected chi connectivity index (χ2v) is 4.00. The molecule has 0 heterocycles. The predicted octanol–water partition coefficient (Wildman–Crippen LogP) is 3.32. The molecule has 0 aliphatic heterocycles. The molecule has 0 aliphatic carbocycles. The van der Waals surface area contributed by atoms with Crippen LogP contribution in [0.25, 0.3) is 0 Å². The van der Waals surface area contributed by atoms with Crippen LogP contribution in [0.2, 0.25) is 0 Å². The molecular formula is C14H22O2.